The van der Waals surface area contributed by atoms with Gasteiger partial charge in [0.2, 0.25) is 0 Å². The first-order chi connectivity index (χ1) is 22.9. The molecule has 0 aliphatic carbocycles. The zero-order chi connectivity index (χ0) is 35.0. The van der Waals surface area contributed by atoms with Gasteiger partial charge in [-0.25, -0.2) is 0 Å². The van der Waals surface area contributed by atoms with Gasteiger partial charge < -0.3 is 9.52 Å². The molecule has 5 nitrogen and oxygen atoms in total. The summed E-state index contributed by atoms with van der Waals surface area (Å²) in [5.74, 6) is 2.09. The van der Waals surface area contributed by atoms with Crippen LogP contribution in [0.15, 0.2) is 83.2 Å². The van der Waals surface area contributed by atoms with Crippen molar-refractivity contribution in [1.29, 1.82) is 0 Å². The van der Waals surface area contributed by atoms with Gasteiger partial charge in [-0.15, -0.1) is 29.1 Å². The third-order valence-corrected chi connectivity index (χ3v) is 9.08. The molecule has 0 atom stereocenters. The number of carbonyl (C=O) groups is 1. The Hall–Kier alpha value is -3.60. The molecule has 0 bridgehead atoms. The molecule has 49 heavy (non-hydrogen) atoms. The van der Waals surface area contributed by atoms with E-state index in [0.29, 0.717) is 5.92 Å². The third kappa shape index (κ3) is 9.99. The van der Waals surface area contributed by atoms with Crippen LogP contribution >= 0.6 is 0 Å². The van der Waals surface area contributed by atoms with Crippen molar-refractivity contribution in [3.05, 3.63) is 96.2 Å². The minimum absolute atomic E-state index is 0. The number of ketones is 1. The van der Waals surface area contributed by atoms with Crippen LogP contribution < -0.4 is 0 Å². The zero-order valence-corrected chi connectivity index (χ0v) is 33.1. The molecule has 5 aromatic rings. The van der Waals surface area contributed by atoms with Gasteiger partial charge in [-0.1, -0.05) is 97.5 Å². The first-order valence-corrected chi connectivity index (χ1v) is 17.6. The Bertz CT molecular complexity index is 1860. The van der Waals surface area contributed by atoms with E-state index in [1.807, 2.05) is 52.2 Å². The smallest absolute Gasteiger partial charge is 0.162 e. The maximum atomic E-state index is 11.7. The van der Waals surface area contributed by atoms with Crippen molar-refractivity contribution in [2.75, 3.05) is 0 Å². The fraction of sp³-hybridized carbons (Fsp3) is 0.419. The Kier molecular flexibility index (Phi) is 14.5. The van der Waals surface area contributed by atoms with Gasteiger partial charge in [-0.3, -0.25) is 14.8 Å². The van der Waals surface area contributed by atoms with Crippen LogP contribution in [0.4, 0.5) is 0 Å². The van der Waals surface area contributed by atoms with E-state index in [9.17, 15) is 9.90 Å². The van der Waals surface area contributed by atoms with E-state index in [-0.39, 0.29) is 48.9 Å². The van der Waals surface area contributed by atoms with Crippen molar-refractivity contribution in [3.63, 3.8) is 0 Å². The number of hydrogen-bond donors (Lipinski definition) is 1. The van der Waals surface area contributed by atoms with Crippen LogP contribution in [0, 0.1) is 23.8 Å². The second-order valence-corrected chi connectivity index (χ2v) is 14.2. The average molecular weight is 838 g/mol. The van der Waals surface area contributed by atoms with Gasteiger partial charge in [0.25, 0.3) is 0 Å². The summed E-state index contributed by atoms with van der Waals surface area (Å²) in [5.41, 5.74) is 6.04. The topological polar surface area (TPSA) is 76.2 Å². The summed E-state index contributed by atoms with van der Waals surface area (Å²) in [4.78, 5) is 21.1. The summed E-state index contributed by atoms with van der Waals surface area (Å²) < 4.78 is 6.10. The fourth-order valence-corrected chi connectivity index (χ4v) is 6.24. The van der Waals surface area contributed by atoms with E-state index in [4.69, 9.17) is 14.4 Å². The number of pyridine rings is 2. The molecule has 263 valence electrons. The molecule has 0 unspecified atom stereocenters. The molecule has 0 spiro atoms. The quantitative estimate of drug-likeness (QED) is 0.0815. The van der Waals surface area contributed by atoms with Crippen molar-refractivity contribution >= 4 is 27.5 Å². The monoisotopic (exact) mass is 838 g/mol. The zero-order valence-electron chi connectivity index (χ0n) is 30.7. The van der Waals surface area contributed by atoms with Crippen molar-refractivity contribution in [2.24, 2.45) is 17.8 Å². The summed E-state index contributed by atoms with van der Waals surface area (Å²) >= 11 is 0. The fourth-order valence-electron chi connectivity index (χ4n) is 6.24. The molecule has 1 N–H and O–H groups in total. The maximum Gasteiger partial charge on any atom is 0.162 e. The van der Waals surface area contributed by atoms with Gasteiger partial charge in [0.1, 0.15) is 11.3 Å². The van der Waals surface area contributed by atoms with Crippen molar-refractivity contribution in [2.45, 2.75) is 99.8 Å². The largest absolute Gasteiger partial charge is 0.512 e. The first kappa shape index (κ1) is 39.8. The van der Waals surface area contributed by atoms with Gasteiger partial charge in [-0.05, 0) is 60.8 Å². The number of rotatable bonds is 11. The van der Waals surface area contributed by atoms with Gasteiger partial charge in [0.15, 0.2) is 5.78 Å². The predicted octanol–water partition coefficient (Wildman–Crippen LogP) is 11.9. The van der Waals surface area contributed by atoms with Crippen molar-refractivity contribution in [3.8, 4) is 22.5 Å². The van der Waals surface area contributed by atoms with Crippen LogP contribution in [-0.4, -0.2) is 20.9 Å². The molecule has 3 aromatic heterocycles. The van der Waals surface area contributed by atoms with Crippen LogP contribution in [0.5, 0.6) is 0 Å². The van der Waals surface area contributed by atoms with Gasteiger partial charge >= 0.3 is 0 Å². The second-order valence-electron chi connectivity index (χ2n) is 14.2. The van der Waals surface area contributed by atoms with Crippen molar-refractivity contribution in [1.82, 2.24) is 9.97 Å². The van der Waals surface area contributed by atoms with Crippen LogP contribution in [-0.2, 0) is 36.7 Å². The molecule has 3 heterocycles. The summed E-state index contributed by atoms with van der Waals surface area (Å²) in [6.07, 6.45) is 9.50. The molecule has 0 fully saturated rings. The number of aliphatic hydroxyl groups excluding tert-OH is 1. The number of carbonyl (C=O) groups excluding carboxylic acids is 1. The molecule has 0 amide bonds. The average Bonchev–Trinajstić information content (AvgIpc) is 3.47. The third-order valence-electron chi connectivity index (χ3n) is 9.08. The second kappa shape index (κ2) is 17.9. The van der Waals surface area contributed by atoms with E-state index in [1.54, 1.807) is 0 Å². The Balaban J connectivity index is 0.000000347. The number of fused-ring (bicyclic) bond motifs is 2. The number of benzene rings is 2. The maximum absolute atomic E-state index is 11.7. The van der Waals surface area contributed by atoms with E-state index >= 15 is 0 Å². The summed E-state index contributed by atoms with van der Waals surface area (Å²) in [6.45, 7) is 19.2. The van der Waals surface area contributed by atoms with Crippen LogP contribution in [0.25, 0.3) is 44.3 Å². The number of aliphatic hydroxyl groups is 1. The minimum atomic E-state index is 0. The number of hydrogen-bond acceptors (Lipinski definition) is 5. The standard InChI is InChI=1S/C30H29N2O.C13H24O2.Ir/c1-19(2)14-23-18-25-28(33-23)11-13-32-29(25)21-10-12-31-27(17-21)22-15-20-8-6-7-9-24(20)26(16-22)30(3,4)5;1-5-10(6-2)12(14)9-13(15)11(7-3)8-4;/h6-13,16-19H,14H2,1-5H3;9-11,14H,5-8H2,1-4H3;/q-1;;/b;12-9-;. The number of furan rings is 1. The van der Waals surface area contributed by atoms with Gasteiger partial charge in [-0.2, -0.15) is 0 Å². The molecule has 5 rings (SSSR count). The Labute approximate surface area is 307 Å². The number of aromatic nitrogens is 2. The normalized spacial score (nSPS) is 12.0. The summed E-state index contributed by atoms with van der Waals surface area (Å²) in [6, 6.07) is 22.5. The molecule has 0 aliphatic heterocycles. The molecule has 0 saturated carbocycles. The first-order valence-electron chi connectivity index (χ1n) is 17.6. The predicted molar refractivity (Wildman–Crippen MR) is 200 cm³/mol. The number of allylic oxidation sites excluding steroid dienone is 2. The Morgan fingerprint density at radius 1 is 0.878 bits per heavy atom. The van der Waals surface area contributed by atoms with Gasteiger partial charge in [0.05, 0.1) is 11.5 Å². The minimum Gasteiger partial charge on any atom is -0.512 e. The Morgan fingerprint density at radius 2 is 1.53 bits per heavy atom. The van der Waals surface area contributed by atoms with E-state index in [1.165, 1.54) is 17.0 Å². The Morgan fingerprint density at radius 3 is 2.16 bits per heavy atom. The summed E-state index contributed by atoms with van der Waals surface area (Å²) in [7, 11) is 0. The molecule has 0 saturated heterocycles. The molecular formula is C43H53IrN2O3-. The van der Waals surface area contributed by atoms with Crippen LogP contribution in [0.2, 0.25) is 0 Å². The van der Waals surface area contributed by atoms with Crippen molar-refractivity contribution < 1.29 is 34.4 Å². The molecule has 2 aromatic carbocycles. The van der Waals surface area contributed by atoms with Crippen LogP contribution in [0.3, 0.4) is 0 Å². The SMILES string of the molecule is CC(C)Cc1cc2c(-c3ccnc(-c4[c-]c5ccccc5c(C(C)(C)C)c4)c3)nccc2o1.CCC(CC)C(=O)/C=C(\O)C(CC)CC.[Ir]. The molecule has 6 heteroatoms. The van der Waals surface area contributed by atoms with E-state index < -0.39 is 0 Å². The van der Waals surface area contributed by atoms with Gasteiger partial charge in [0, 0.05) is 67.9 Å². The molecular weight excluding hydrogens is 785 g/mol. The summed E-state index contributed by atoms with van der Waals surface area (Å²) in [5, 5.41) is 13.2. The van der Waals surface area contributed by atoms with E-state index in [0.717, 1.165) is 76.7 Å². The van der Waals surface area contributed by atoms with E-state index in [2.05, 4.69) is 83.1 Å². The van der Waals surface area contributed by atoms with Crippen LogP contribution in [0.1, 0.15) is 99.3 Å². The number of nitrogens with zero attached hydrogens (tertiary/aromatic N) is 2. The molecule has 1 radical (unpaired) electrons. The molecule has 0 aliphatic rings.